The van der Waals surface area contributed by atoms with E-state index in [1.807, 2.05) is 6.92 Å². The van der Waals surface area contributed by atoms with Crippen molar-refractivity contribution < 1.29 is 20.4 Å². The topological polar surface area (TPSA) is 107 Å². The van der Waals surface area contributed by atoms with Gasteiger partial charge in [-0.3, -0.25) is 0 Å². The van der Waals surface area contributed by atoms with Crippen LogP contribution in [0.5, 0.6) is 23.0 Å². The number of hydrogen-bond acceptors (Lipinski definition) is 5. The van der Waals surface area contributed by atoms with Crippen molar-refractivity contribution in [1.82, 2.24) is 0 Å². The number of phenols is 4. The lowest BCUT2D eigenvalue weighted by Gasteiger charge is -2.00. The van der Waals surface area contributed by atoms with E-state index in [0.29, 0.717) is 13.0 Å². The Bertz CT molecular complexity index is 584. The summed E-state index contributed by atoms with van der Waals surface area (Å²) in [6.45, 7) is 2.54. The quantitative estimate of drug-likeness (QED) is 0.558. The fourth-order valence-electron chi connectivity index (χ4n) is 1.68. The molecule has 0 saturated carbocycles. The molecule has 21 heavy (non-hydrogen) atoms. The number of phenolic OH excluding ortho intramolecular Hbond substituents is 4. The van der Waals surface area contributed by atoms with Gasteiger partial charge < -0.3 is 26.2 Å². The Morgan fingerprint density at radius 1 is 0.762 bits per heavy atom. The number of rotatable bonds is 3. The highest BCUT2D eigenvalue weighted by Gasteiger charge is 1.98. The van der Waals surface area contributed by atoms with E-state index >= 15 is 0 Å². The zero-order chi connectivity index (χ0) is 15.8. The van der Waals surface area contributed by atoms with E-state index in [9.17, 15) is 0 Å². The van der Waals surface area contributed by atoms with Gasteiger partial charge in [0.1, 0.15) is 0 Å². The van der Waals surface area contributed by atoms with Crippen molar-refractivity contribution in [3.8, 4) is 23.0 Å². The van der Waals surface area contributed by atoms with Gasteiger partial charge in [0.15, 0.2) is 23.0 Å². The first kappa shape index (κ1) is 16.7. The van der Waals surface area contributed by atoms with E-state index < -0.39 is 0 Å². The monoisotopic (exact) mass is 291 g/mol. The summed E-state index contributed by atoms with van der Waals surface area (Å²) in [6.07, 6.45) is 1.58. The molecule has 6 N–H and O–H groups in total. The molecule has 0 heterocycles. The minimum absolute atomic E-state index is 0.0423. The summed E-state index contributed by atoms with van der Waals surface area (Å²) in [7, 11) is 0. The van der Waals surface area contributed by atoms with E-state index in [-0.39, 0.29) is 23.0 Å². The molecule has 5 nitrogen and oxygen atoms in total. The molecule has 0 aliphatic heterocycles. The van der Waals surface area contributed by atoms with Gasteiger partial charge >= 0.3 is 0 Å². The third kappa shape index (κ3) is 5.24. The largest absolute Gasteiger partial charge is 0.504 e. The van der Waals surface area contributed by atoms with Crippen LogP contribution in [0.1, 0.15) is 18.1 Å². The SMILES string of the molecule is CCc1ccc(O)c(O)c1.NCCc1ccc(O)c(O)c1. The number of aromatic hydroxyl groups is 4. The molecule has 0 amide bonds. The van der Waals surface area contributed by atoms with E-state index in [0.717, 1.165) is 17.5 Å². The van der Waals surface area contributed by atoms with Crippen molar-refractivity contribution in [2.45, 2.75) is 19.8 Å². The molecule has 0 spiro atoms. The second-order valence-corrected chi connectivity index (χ2v) is 4.54. The van der Waals surface area contributed by atoms with Gasteiger partial charge in [-0.1, -0.05) is 19.1 Å². The average Bonchev–Trinajstić information content (AvgIpc) is 2.47. The third-order valence-corrected chi connectivity index (χ3v) is 2.92. The van der Waals surface area contributed by atoms with Crippen molar-refractivity contribution in [1.29, 1.82) is 0 Å². The predicted octanol–water partition coefficient (Wildman–Crippen LogP) is 2.26. The van der Waals surface area contributed by atoms with Gasteiger partial charge in [0.05, 0.1) is 0 Å². The van der Waals surface area contributed by atoms with Crippen LogP contribution in [0.15, 0.2) is 36.4 Å². The fraction of sp³-hybridized carbons (Fsp3) is 0.250. The standard InChI is InChI=1S/C8H11NO2.C8H10O2/c9-4-3-6-1-2-7(10)8(11)5-6;1-2-6-3-4-7(9)8(10)5-6/h1-2,5,10-11H,3-4,9H2;3-5,9-10H,2H2,1H3. The summed E-state index contributed by atoms with van der Waals surface area (Å²) in [5, 5.41) is 35.8. The van der Waals surface area contributed by atoms with Crippen LogP contribution in [0.3, 0.4) is 0 Å². The lowest BCUT2D eigenvalue weighted by molar-refractivity contribution is 0.403. The van der Waals surface area contributed by atoms with E-state index in [2.05, 4.69) is 0 Å². The Labute approximate surface area is 123 Å². The maximum atomic E-state index is 9.04. The summed E-state index contributed by atoms with van der Waals surface area (Å²) in [5.74, 6) is -0.279. The van der Waals surface area contributed by atoms with Gasteiger partial charge in [-0.25, -0.2) is 0 Å². The van der Waals surface area contributed by atoms with Crippen LogP contribution in [0.25, 0.3) is 0 Å². The number of aryl methyl sites for hydroxylation is 1. The van der Waals surface area contributed by atoms with Crippen LogP contribution in [-0.2, 0) is 12.8 Å². The normalized spacial score (nSPS) is 9.81. The van der Waals surface area contributed by atoms with Crippen LogP contribution in [0.2, 0.25) is 0 Å². The molecule has 5 heteroatoms. The van der Waals surface area contributed by atoms with Gasteiger partial charge in [0.2, 0.25) is 0 Å². The number of nitrogens with two attached hydrogens (primary N) is 1. The molecule has 0 bridgehead atoms. The maximum absolute atomic E-state index is 9.04. The Hall–Kier alpha value is -2.40. The van der Waals surface area contributed by atoms with Gasteiger partial charge in [0, 0.05) is 0 Å². The average molecular weight is 291 g/mol. The molecular weight excluding hydrogens is 270 g/mol. The molecule has 2 rings (SSSR count). The van der Waals surface area contributed by atoms with Crippen molar-refractivity contribution in [2.24, 2.45) is 5.73 Å². The molecule has 0 radical (unpaired) electrons. The zero-order valence-corrected chi connectivity index (χ0v) is 12.0. The predicted molar refractivity (Wildman–Crippen MR) is 81.7 cm³/mol. The Morgan fingerprint density at radius 3 is 1.67 bits per heavy atom. The lowest BCUT2D eigenvalue weighted by Crippen LogP contribution is -2.02. The molecule has 0 atom stereocenters. The molecule has 114 valence electrons. The Morgan fingerprint density at radius 2 is 1.24 bits per heavy atom. The van der Waals surface area contributed by atoms with Crippen molar-refractivity contribution >= 4 is 0 Å². The van der Waals surface area contributed by atoms with E-state index in [1.165, 1.54) is 18.2 Å². The highest BCUT2D eigenvalue weighted by Crippen LogP contribution is 2.25. The van der Waals surface area contributed by atoms with Crippen LogP contribution >= 0.6 is 0 Å². The minimum atomic E-state index is -0.0919. The summed E-state index contributed by atoms with van der Waals surface area (Å²) >= 11 is 0. The molecule has 0 saturated heterocycles. The fourth-order valence-corrected chi connectivity index (χ4v) is 1.68. The molecular formula is C16H21NO4. The third-order valence-electron chi connectivity index (χ3n) is 2.92. The number of benzene rings is 2. The second-order valence-electron chi connectivity index (χ2n) is 4.54. The van der Waals surface area contributed by atoms with Crippen LogP contribution in [0, 0.1) is 0 Å². The van der Waals surface area contributed by atoms with Gasteiger partial charge in [-0.2, -0.15) is 0 Å². The number of hydrogen-bond donors (Lipinski definition) is 5. The molecule has 0 fully saturated rings. The van der Waals surface area contributed by atoms with Crippen molar-refractivity contribution in [3.63, 3.8) is 0 Å². The van der Waals surface area contributed by atoms with Crippen molar-refractivity contribution in [3.05, 3.63) is 47.5 Å². The second kappa shape index (κ2) is 8.01. The molecule has 0 aromatic heterocycles. The highest BCUT2D eigenvalue weighted by molar-refractivity contribution is 5.41. The summed E-state index contributed by atoms with van der Waals surface area (Å²) in [5.41, 5.74) is 7.26. The van der Waals surface area contributed by atoms with E-state index in [4.69, 9.17) is 26.2 Å². The molecule has 0 aliphatic rings. The zero-order valence-electron chi connectivity index (χ0n) is 12.0. The van der Waals surface area contributed by atoms with E-state index in [1.54, 1.807) is 18.2 Å². The Kier molecular flexibility index (Phi) is 6.36. The molecule has 0 aliphatic carbocycles. The molecule has 2 aromatic rings. The smallest absolute Gasteiger partial charge is 0.157 e. The van der Waals surface area contributed by atoms with Gasteiger partial charge in [-0.15, -0.1) is 0 Å². The molecule has 2 aromatic carbocycles. The minimum Gasteiger partial charge on any atom is -0.504 e. The first-order valence-corrected chi connectivity index (χ1v) is 6.69. The van der Waals surface area contributed by atoms with Crippen LogP contribution < -0.4 is 5.73 Å². The van der Waals surface area contributed by atoms with Crippen LogP contribution in [-0.4, -0.2) is 27.0 Å². The van der Waals surface area contributed by atoms with Crippen LogP contribution in [0.4, 0.5) is 0 Å². The first-order valence-electron chi connectivity index (χ1n) is 6.69. The Balaban J connectivity index is 0.000000211. The van der Waals surface area contributed by atoms with Gasteiger partial charge in [-0.05, 0) is 54.8 Å². The maximum Gasteiger partial charge on any atom is 0.157 e. The summed E-state index contributed by atoms with van der Waals surface area (Å²) in [4.78, 5) is 0. The summed E-state index contributed by atoms with van der Waals surface area (Å²) < 4.78 is 0. The van der Waals surface area contributed by atoms with Gasteiger partial charge in [0.25, 0.3) is 0 Å². The first-order chi connectivity index (χ1) is 9.97. The highest BCUT2D eigenvalue weighted by atomic mass is 16.3. The summed E-state index contributed by atoms with van der Waals surface area (Å²) in [6, 6.07) is 9.56. The molecule has 0 unspecified atom stereocenters. The van der Waals surface area contributed by atoms with Crippen molar-refractivity contribution in [2.75, 3.05) is 6.54 Å². The lowest BCUT2D eigenvalue weighted by atomic mass is 10.1.